The Bertz CT molecular complexity index is 591. The van der Waals surface area contributed by atoms with Crippen molar-refractivity contribution in [3.8, 4) is 0 Å². The van der Waals surface area contributed by atoms with Gasteiger partial charge in [0.1, 0.15) is 0 Å². The largest absolute Gasteiger partial charge is 0.0620 e. The first-order chi connectivity index (χ1) is 8.61. The summed E-state index contributed by atoms with van der Waals surface area (Å²) in [5.41, 5.74) is 4.27. The molecule has 0 heterocycles. The van der Waals surface area contributed by atoms with E-state index in [2.05, 4.69) is 0 Å². The molecule has 2 atom stereocenters. The molecule has 2 aromatic rings. The van der Waals surface area contributed by atoms with Crippen LogP contribution in [0.3, 0.4) is 0 Å². The number of rotatable bonds is 1. The molecule has 1 aliphatic rings. The van der Waals surface area contributed by atoms with Crippen molar-refractivity contribution in [2.75, 3.05) is 0 Å². The number of hydrogen-bond donors (Lipinski definition) is 0. The maximum absolute atomic E-state index is 8.72. The highest BCUT2D eigenvalue weighted by molar-refractivity contribution is 5.38. The molecule has 0 fully saturated rings. The summed E-state index contributed by atoms with van der Waals surface area (Å²) >= 11 is 0. The molecule has 80 valence electrons. The molecule has 0 heteroatoms. The van der Waals surface area contributed by atoms with Gasteiger partial charge in [-0.2, -0.15) is 0 Å². The fraction of sp³-hybridized carbons (Fsp3) is 0.250. The Kier molecular flexibility index (Phi) is 1.81. The van der Waals surface area contributed by atoms with E-state index in [1.54, 1.807) is 0 Å². The maximum Gasteiger partial charge on any atom is 0.0359 e. The van der Waals surface area contributed by atoms with Gasteiger partial charge < -0.3 is 0 Å². The monoisotopic (exact) mass is 210 g/mol. The molecule has 2 aromatic carbocycles. The molecular formula is C16H16. The third-order valence-corrected chi connectivity index (χ3v) is 3.15. The average molecular weight is 210 g/mol. The van der Waals surface area contributed by atoms with Crippen molar-refractivity contribution < 1.29 is 2.74 Å². The molecule has 0 spiro atoms. The van der Waals surface area contributed by atoms with Crippen LogP contribution in [0, 0.1) is 6.92 Å². The summed E-state index contributed by atoms with van der Waals surface area (Å²) < 4.78 is 17.1. The Labute approximate surface area is 99.8 Å². The lowest BCUT2D eigenvalue weighted by Crippen LogP contribution is -1.97. The minimum atomic E-state index is -0.838. The number of fused-ring (bicyclic) bond motifs is 1. The Morgan fingerprint density at radius 3 is 2.69 bits per heavy atom. The van der Waals surface area contributed by atoms with Gasteiger partial charge in [0.25, 0.3) is 0 Å². The highest BCUT2D eigenvalue weighted by atomic mass is 14.3. The molecule has 2 unspecified atom stereocenters. The van der Waals surface area contributed by atoms with Gasteiger partial charge in [-0.05, 0) is 42.3 Å². The summed E-state index contributed by atoms with van der Waals surface area (Å²) in [5, 5.41) is 0. The third-order valence-electron chi connectivity index (χ3n) is 3.15. The minimum Gasteiger partial charge on any atom is -0.0620 e. The van der Waals surface area contributed by atoms with Crippen LogP contribution >= 0.6 is 0 Å². The van der Waals surface area contributed by atoms with Gasteiger partial charge in [-0.1, -0.05) is 54.1 Å². The van der Waals surface area contributed by atoms with Gasteiger partial charge in [0.05, 0.1) is 0 Å². The Hall–Kier alpha value is -1.56. The van der Waals surface area contributed by atoms with Crippen molar-refractivity contribution in [2.24, 2.45) is 0 Å². The standard InChI is InChI=1S/C16H16/c1-12-5-4-8-13(9-12)16-10-14-6-2-3-7-15(14)11-16/h2-9,16H,10-11H2,1H3/i10D,16D. The van der Waals surface area contributed by atoms with Crippen molar-refractivity contribution in [3.63, 3.8) is 0 Å². The SMILES string of the molecule is [2H]C1c2ccccc2CC1([2H])c1cccc(C)c1. The first-order valence-electron chi connectivity index (χ1n) is 6.76. The number of hydrogen-bond acceptors (Lipinski definition) is 0. The van der Waals surface area contributed by atoms with E-state index >= 15 is 0 Å². The van der Waals surface area contributed by atoms with E-state index in [0.29, 0.717) is 6.42 Å². The summed E-state index contributed by atoms with van der Waals surface area (Å²) in [5.74, 6) is -0.838. The molecule has 0 aromatic heterocycles. The zero-order valence-corrected chi connectivity index (χ0v) is 9.40. The van der Waals surface area contributed by atoms with Gasteiger partial charge in [-0.15, -0.1) is 0 Å². The molecule has 3 rings (SSSR count). The van der Waals surface area contributed by atoms with E-state index in [1.807, 2.05) is 55.5 Å². The van der Waals surface area contributed by atoms with Crippen molar-refractivity contribution >= 4 is 0 Å². The van der Waals surface area contributed by atoms with E-state index in [1.165, 1.54) is 0 Å². The normalized spacial score (nSPS) is 29.4. The van der Waals surface area contributed by atoms with Crippen LogP contribution < -0.4 is 0 Å². The second-order valence-corrected chi connectivity index (χ2v) is 4.41. The zero-order valence-electron chi connectivity index (χ0n) is 11.4. The molecule has 0 saturated heterocycles. The van der Waals surface area contributed by atoms with Crippen LogP contribution in [0.1, 0.15) is 30.9 Å². The van der Waals surface area contributed by atoms with Crippen LogP contribution in [0.25, 0.3) is 0 Å². The Morgan fingerprint density at radius 1 is 1.12 bits per heavy atom. The Morgan fingerprint density at radius 2 is 1.94 bits per heavy atom. The predicted octanol–water partition coefficient (Wildman–Crippen LogP) is 3.88. The van der Waals surface area contributed by atoms with Gasteiger partial charge in [0.2, 0.25) is 0 Å². The van der Waals surface area contributed by atoms with Crippen molar-refractivity contribution in [1.82, 2.24) is 0 Å². The first-order valence-corrected chi connectivity index (χ1v) is 5.68. The van der Waals surface area contributed by atoms with Crippen LogP contribution in [0.4, 0.5) is 0 Å². The van der Waals surface area contributed by atoms with Crippen LogP contribution in [0.15, 0.2) is 48.5 Å². The molecule has 0 amide bonds. The third kappa shape index (κ3) is 1.65. The van der Waals surface area contributed by atoms with Crippen LogP contribution in [0.2, 0.25) is 0 Å². The van der Waals surface area contributed by atoms with Crippen LogP contribution in [-0.2, 0) is 12.8 Å². The quantitative estimate of drug-likeness (QED) is 0.670. The fourth-order valence-electron chi connectivity index (χ4n) is 2.31. The molecule has 0 radical (unpaired) electrons. The van der Waals surface area contributed by atoms with Crippen molar-refractivity contribution in [2.45, 2.75) is 25.6 Å². The summed E-state index contributed by atoms with van der Waals surface area (Å²) in [6, 6.07) is 16.0. The van der Waals surface area contributed by atoms with E-state index in [-0.39, 0.29) is 0 Å². The van der Waals surface area contributed by atoms with Crippen LogP contribution in [0.5, 0.6) is 0 Å². The van der Waals surface area contributed by atoms with Crippen LogP contribution in [-0.4, -0.2) is 0 Å². The van der Waals surface area contributed by atoms with Gasteiger partial charge in [-0.25, -0.2) is 0 Å². The maximum atomic E-state index is 8.72. The highest BCUT2D eigenvalue weighted by Crippen LogP contribution is 2.33. The lowest BCUT2D eigenvalue weighted by molar-refractivity contribution is 0.741. The lowest BCUT2D eigenvalue weighted by Gasteiger charge is -2.09. The van der Waals surface area contributed by atoms with Crippen molar-refractivity contribution in [1.29, 1.82) is 0 Å². The van der Waals surface area contributed by atoms with E-state index in [4.69, 9.17) is 2.74 Å². The Balaban J connectivity index is 2.09. The second kappa shape index (κ2) is 3.79. The molecule has 0 bridgehead atoms. The number of benzene rings is 2. The molecule has 1 aliphatic carbocycles. The summed E-state index contributed by atoms with van der Waals surface area (Å²) in [7, 11) is 0. The molecular weight excluding hydrogens is 192 g/mol. The molecule has 0 N–H and O–H groups in total. The van der Waals surface area contributed by atoms with Gasteiger partial charge in [0, 0.05) is 2.74 Å². The molecule has 16 heavy (non-hydrogen) atoms. The fourth-order valence-corrected chi connectivity index (χ4v) is 2.31. The van der Waals surface area contributed by atoms with E-state index in [0.717, 1.165) is 22.3 Å². The predicted molar refractivity (Wildman–Crippen MR) is 67.8 cm³/mol. The molecule has 0 saturated carbocycles. The van der Waals surface area contributed by atoms with Crippen molar-refractivity contribution in [3.05, 3.63) is 70.8 Å². The number of aryl methyl sites for hydroxylation is 1. The van der Waals surface area contributed by atoms with Gasteiger partial charge in [-0.3, -0.25) is 0 Å². The molecule has 0 nitrogen and oxygen atoms in total. The minimum absolute atomic E-state index is 0.490. The lowest BCUT2D eigenvalue weighted by atomic mass is 9.95. The van der Waals surface area contributed by atoms with E-state index in [9.17, 15) is 0 Å². The van der Waals surface area contributed by atoms with Gasteiger partial charge >= 0.3 is 0 Å². The molecule has 0 aliphatic heterocycles. The summed E-state index contributed by atoms with van der Waals surface area (Å²) in [6.07, 6.45) is 0.149. The summed E-state index contributed by atoms with van der Waals surface area (Å²) in [6.45, 7) is 2.04. The first kappa shape index (κ1) is 7.67. The van der Waals surface area contributed by atoms with E-state index < -0.39 is 12.3 Å². The smallest absolute Gasteiger partial charge is 0.0359 e. The van der Waals surface area contributed by atoms with Gasteiger partial charge in [0.15, 0.2) is 0 Å². The average Bonchev–Trinajstić information content (AvgIpc) is 2.64. The second-order valence-electron chi connectivity index (χ2n) is 4.41. The zero-order chi connectivity index (χ0) is 12.8. The topological polar surface area (TPSA) is 0 Å². The highest BCUT2D eigenvalue weighted by Gasteiger charge is 2.21. The summed E-state index contributed by atoms with van der Waals surface area (Å²) in [4.78, 5) is 0.